The maximum Gasteiger partial charge on any atom is 0.269 e. The van der Waals surface area contributed by atoms with Gasteiger partial charge in [0.2, 0.25) is 0 Å². The van der Waals surface area contributed by atoms with E-state index in [1.807, 2.05) is 18.2 Å². The molecule has 18 heavy (non-hydrogen) atoms. The fraction of sp³-hybridized carbons (Fsp3) is 0. The number of nitrogens with one attached hydrogen (secondary N) is 1. The van der Waals surface area contributed by atoms with E-state index in [2.05, 4.69) is 15.5 Å². The predicted molar refractivity (Wildman–Crippen MR) is 68.6 cm³/mol. The van der Waals surface area contributed by atoms with Crippen LogP contribution < -0.4 is 5.43 Å². The van der Waals surface area contributed by atoms with Crippen molar-refractivity contribution < 1.29 is 4.92 Å². The highest BCUT2D eigenvalue weighted by molar-refractivity contribution is 5.77. The molecular weight excluding hydrogens is 232 g/mol. The van der Waals surface area contributed by atoms with Gasteiger partial charge in [-0.15, -0.1) is 0 Å². The number of benzene rings is 1. The summed E-state index contributed by atoms with van der Waals surface area (Å²) in [5.74, 6) is 0. The first-order chi connectivity index (χ1) is 8.75. The van der Waals surface area contributed by atoms with Gasteiger partial charge >= 0.3 is 0 Å². The van der Waals surface area contributed by atoms with E-state index in [0.717, 1.165) is 5.69 Å². The average Bonchev–Trinajstić information content (AvgIpc) is 2.40. The van der Waals surface area contributed by atoms with E-state index < -0.39 is 4.92 Å². The third-order valence-corrected chi connectivity index (χ3v) is 2.16. The van der Waals surface area contributed by atoms with Crippen molar-refractivity contribution in [1.82, 2.24) is 4.98 Å². The molecule has 0 saturated carbocycles. The molecule has 0 fully saturated rings. The quantitative estimate of drug-likeness (QED) is 0.507. The Kier molecular flexibility index (Phi) is 3.60. The fourth-order valence-electron chi connectivity index (χ4n) is 1.28. The molecule has 0 aliphatic carbocycles. The molecule has 0 aliphatic heterocycles. The van der Waals surface area contributed by atoms with Crippen molar-refractivity contribution in [3.63, 3.8) is 0 Å². The van der Waals surface area contributed by atoms with Crippen molar-refractivity contribution in [3.05, 3.63) is 64.5 Å². The standard InChI is InChI=1S/C12H10N4O2/c17-16(18)12-6-4-10(5-7-12)15-14-9-11-3-1-2-8-13-11/h1-9,15H/b14-9-. The van der Waals surface area contributed by atoms with Gasteiger partial charge in [-0.2, -0.15) is 5.10 Å². The third-order valence-electron chi connectivity index (χ3n) is 2.16. The maximum absolute atomic E-state index is 10.5. The van der Waals surface area contributed by atoms with Gasteiger partial charge in [-0.1, -0.05) is 6.07 Å². The Hall–Kier alpha value is -2.76. The maximum atomic E-state index is 10.5. The number of nitrogens with zero attached hydrogens (tertiary/aromatic N) is 3. The first-order valence-corrected chi connectivity index (χ1v) is 5.20. The number of nitro groups is 1. The normalized spacial score (nSPS) is 10.4. The van der Waals surface area contributed by atoms with Gasteiger partial charge < -0.3 is 0 Å². The van der Waals surface area contributed by atoms with Gasteiger partial charge in [0.15, 0.2) is 0 Å². The van der Waals surface area contributed by atoms with Crippen LogP contribution in [0.25, 0.3) is 0 Å². The number of hydrogen-bond acceptors (Lipinski definition) is 5. The molecule has 0 atom stereocenters. The van der Waals surface area contributed by atoms with Crippen LogP contribution in [0.1, 0.15) is 5.69 Å². The molecular formula is C12H10N4O2. The topological polar surface area (TPSA) is 80.4 Å². The lowest BCUT2D eigenvalue weighted by atomic mass is 10.3. The monoisotopic (exact) mass is 242 g/mol. The second-order valence-electron chi connectivity index (χ2n) is 3.43. The number of hydrazone groups is 1. The summed E-state index contributed by atoms with van der Waals surface area (Å²) in [5, 5.41) is 14.4. The predicted octanol–water partition coefficient (Wildman–Crippen LogP) is 2.44. The van der Waals surface area contributed by atoms with Gasteiger partial charge in [-0.05, 0) is 24.3 Å². The van der Waals surface area contributed by atoms with Crippen molar-refractivity contribution in [3.8, 4) is 0 Å². The number of nitro benzene ring substituents is 1. The van der Waals surface area contributed by atoms with Crippen molar-refractivity contribution >= 4 is 17.6 Å². The Morgan fingerprint density at radius 1 is 1.22 bits per heavy atom. The zero-order valence-corrected chi connectivity index (χ0v) is 9.35. The van der Waals surface area contributed by atoms with E-state index in [1.165, 1.54) is 12.1 Å². The number of anilines is 1. The van der Waals surface area contributed by atoms with Gasteiger partial charge in [0.05, 0.1) is 22.5 Å². The molecule has 1 heterocycles. The van der Waals surface area contributed by atoms with Crippen LogP contribution in [0.2, 0.25) is 0 Å². The van der Waals surface area contributed by atoms with Crippen LogP contribution >= 0.6 is 0 Å². The molecule has 2 aromatic rings. The van der Waals surface area contributed by atoms with Gasteiger partial charge in [0.1, 0.15) is 0 Å². The second-order valence-corrected chi connectivity index (χ2v) is 3.43. The minimum absolute atomic E-state index is 0.0502. The van der Waals surface area contributed by atoms with Crippen molar-refractivity contribution in [2.75, 3.05) is 5.43 Å². The van der Waals surface area contributed by atoms with E-state index in [0.29, 0.717) is 5.69 Å². The van der Waals surface area contributed by atoms with Crippen LogP contribution in [0.15, 0.2) is 53.8 Å². The number of pyridine rings is 1. The Balaban J connectivity index is 1.98. The summed E-state index contributed by atoms with van der Waals surface area (Å²) < 4.78 is 0. The molecule has 0 aliphatic rings. The molecule has 0 amide bonds. The molecule has 0 saturated heterocycles. The van der Waals surface area contributed by atoms with E-state index in [9.17, 15) is 10.1 Å². The Labute approximate surface area is 103 Å². The summed E-state index contributed by atoms with van der Waals surface area (Å²) >= 11 is 0. The number of hydrogen-bond donors (Lipinski definition) is 1. The fourth-order valence-corrected chi connectivity index (χ4v) is 1.28. The van der Waals surface area contributed by atoms with Gasteiger partial charge in [0, 0.05) is 18.3 Å². The third kappa shape index (κ3) is 3.11. The number of non-ortho nitro benzene ring substituents is 1. The Bertz CT molecular complexity index is 552. The van der Waals surface area contributed by atoms with Gasteiger partial charge in [0.25, 0.3) is 5.69 Å². The van der Waals surface area contributed by atoms with E-state index in [1.54, 1.807) is 24.5 Å². The summed E-state index contributed by atoms with van der Waals surface area (Å²) in [6.07, 6.45) is 3.24. The Morgan fingerprint density at radius 3 is 2.61 bits per heavy atom. The van der Waals surface area contributed by atoms with Gasteiger partial charge in [-0.3, -0.25) is 20.5 Å². The summed E-state index contributed by atoms with van der Waals surface area (Å²) in [6.45, 7) is 0. The van der Waals surface area contributed by atoms with Crippen LogP contribution in [-0.2, 0) is 0 Å². The zero-order valence-electron chi connectivity index (χ0n) is 9.35. The molecule has 0 unspecified atom stereocenters. The van der Waals surface area contributed by atoms with Crippen molar-refractivity contribution in [2.24, 2.45) is 5.10 Å². The molecule has 90 valence electrons. The van der Waals surface area contributed by atoms with Gasteiger partial charge in [-0.25, -0.2) is 0 Å². The zero-order chi connectivity index (χ0) is 12.8. The molecule has 2 rings (SSSR count). The first-order valence-electron chi connectivity index (χ1n) is 5.20. The molecule has 6 heteroatoms. The molecule has 1 aromatic carbocycles. The summed E-state index contributed by atoms with van der Waals surface area (Å²) in [6, 6.07) is 11.5. The van der Waals surface area contributed by atoms with Crippen LogP contribution in [0.3, 0.4) is 0 Å². The summed E-state index contributed by atoms with van der Waals surface area (Å²) in [4.78, 5) is 14.1. The summed E-state index contributed by atoms with van der Waals surface area (Å²) in [5.41, 5.74) is 4.22. The minimum atomic E-state index is -0.444. The largest absolute Gasteiger partial charge is 0.278 e. The highest BCUT2D eigenvalue weighted by Gasteiger charge is 2.02. The number of rotatable bonds is 4. The molecule has 1 aromatic heterocycles. The Morgan fingerprint density at radius 2 is 2.00 bits per heavy atom. The van der Waals surface area contributed by atoms with Crippen LogP contribution in [0.4, 0.5) is 11.4 Å². The highest BCUT2D eigenvalue weighted by Crippen LogP contribution is 2.15. The molecule has 0 spiro atoms. The second kappa shape index (κ2) is 5.53. The SMILES string of the molecule is O=[N+]([O-])c1ccc(N/N=C\c2ccccn2)cc1. The summed E-state index contributed by atoms with van der Waals surface area (Å²) in [7, 11) is 0. The van der Waals surface area contributed by atoms with Crippen molar-refractivity contribution in [1.29, 1.82) is 0 Å². The average molecular weight is 242 g/mol. The van der Waals surface area contributed by atoms with E-state index >= 15 is 0 Å². The lowest BCUT2D eigenvalue weighted by Gasteiger charge is -1.98. The lowest BCUT2D eigenvalue weighted by Crippen LogP contribution is -1.93. The molecule has 6 nitrogen and oxygen atoms in total. The molecule has 0 bridgehead atoms. The molecule has 0 radical (unpaired) electrons. The van der Waals surface area contributed by atoms with Crippen LogP contribution in [0, 0.1) is 10.1 Å². The van der Waals surface area contributed by atoms with Crippen LogP contribution in [0.5, 0.6) is 0 Å². The van der Waals surface area contributed by atoms with Crippen LogP contribution in [-0.4, -0.2) is 16.1 Å². The number of aromatic nitrogens is 1. The first kappa shape index (κ1) is 11.7. The highest BCUT2D eigenvalue weighted by atomic mass is 16.6. The van der Waals surface area contributed by atoms with E-state index in [4.69, 9.17) is 0 Å². The van der Waals surface area contributed by atoms with E-state index in [-0.39, 0.29) is 5.69 Å². The lowest BCUT2D eigenvalue weighted by molar-refractivity contribution is -0.384. The minimum Gasteiger partial charge on any atom is -0.278 e. The molecule has 1 N–H and O–H groups in total. The smallest absolute Gasteiger partial charge is 0.269 e. The van der Waals surface area contributed by atoms with Crippen molar-refractivity contribution in [2.45, 2.75) is 0 Å².